The van der Waals surface area contributed by atoms with Gasteiger partial charge in [-0.05, 0) is 19.9 Å². The quantitative estimate of drug-likeness (QED) is 0.847. The van der Waals surface area contributed by atoms with Crippen molar-refractivity contribution in [2.45, 2.75) is 26.3 Å². The molecule has 0 amide bonds. The Morgan fingerprint density at radius 1 is 1.29 bits per heavy atom. The van der Waals surface area contributed by atoms with E-state index >= 15 is 0 Å². The number of methoxy groups -OCH3 is 2. The molecule has 2 heterocycles. The first kappa shape index (κ1) is 15.7. The fraction of sp³-hybridized carbons (Fsp3) is 0.500. The summed E-state index contributed by atoms with van der Waals surface area (Å²) in [5.74, 6) is 0.904. The summed E-state index contributed by atoms with van der Waals surface area (Å²) in [6.45, 7) is 5.00. The van der Waals surface area contributed by atoms with Crippen LogP contribution in [0.3, 0.4) is 0 Å². The molecular weight excluding hydrogens is 288 g/mol. The molecule has 7 heteroatoms. The van der Waals surface area contributed by atoms with Crippen molar-refractivity contribution in [3.63, 3.8) is 0 Å². The SMILES string of the molecule is CCCNC(c1ncc(OC)nc1OC)c1scnc1C. The standard InChI is InChI=1S/C14H20N4O2S/c1-5-6-15-11(13-9(2)17-8-21-13)12-14(20-4)18-10(19-3)7-16-12/h7-8,11,15H,5-6H2,1-4H3. The molecule has 1 atom stereocenters. The molecule has 114 valence electrons. The lowest BCUT2D eigenvalue weighted by atomic mass is 10.1. The Labute approximate surface area is 128 Å². The van der Waals surface area contributed by atoms with Gasteiger partial charge >= 0.3 is 0 Å². The van der Waals surface area contributed by atoms with E-state index in [1.165, 1.54) is 0 Å². The summed E-state index contributed by atoms with van der Waals surface area (Å²) in [7, 11) is 3.15. The minimum Gasteiger partial charge on any atom is -0.480 e. The van der Waals surface area contributed by atoms with Gasteiger partial charge in [0.2, 0.25) is 11.8 Å². The number of rotatable bonds is 7. The summed E-state index contributed by atoms with van der Waals surface area (Å²) in [6.07, 6.45) is 2.63. The van der Waals surface area contributed by atoms with Crippen LogP contribution < -0.4 is 14.8 Å². The molecule has 0 saturated carbocycles. The van der Waals surface area contributed by atoms with E-state index in [0.29, 0.717) is 11.8 Å². The van der Waals surface area contributed by atoms with Crippen molar-refractivity contribution in [3.8, 4) is 11.8 Å². The molecule has 0 spiro atoms. The molecule has 2 aromatic heterocycles. The molecule has 0 bridgehead atoms. The first-order chi connectivity index (χ1) is 10.2. The fourth-order valence-electron chi connectivity index (χ4n) is 2.00. The highest BCUT2D eigenvalue weighted by Crippen LogP contribution is 2.32. The second kappa shape index (κ2) is 7.33. The van der Waals surface area contributed by atoms with E-state index in [0.717, 1.165) is 29.2 Å². The number of thiazole rings is 1. The van der Waals surface area contributed by atoms with Crippen LogP contribution in [-0.2, 0) is 0 Å². The molecule has 0 radical (unpaired) electrons. The van der Waals surface area contributed by atoms with Gasteiger partial charge in [0.15, 0.2) is 0 Å². The molecule has 2 aromatic rings. The van der Waals surface area contributed by atoms with Gasteiger partial charge in [-0.25, -0.2) is 9.97 Å². The zero-order valence-electron chi connectivity index (χ0n) is 12.7. The van der Waals surface area contributed by atoms with E-state index in [9.17, 15) is 0 Å². The third-order valence-electron chi connectivity index (χ3n) is 3.06. The van der Waals surface area contributed by atoms with E-state index < -0.39 is 0 Å². The number of hydrogen-bond donors (Lipinski definition) is 1. The van der Waals surface area contributed by atoms with Crippen LogP contribution in [0.5, 0.6) is 11.8 Å². The van der Waals surface area contributed by atoms with E-state index in [2.05, 4.69) is 27.2 Å². The molecule has 0 fully saturated rings. The van der Waals surface area contributed by atoms with E-state index in [1.807, 2.05) is 12.4 Å². The lowest BCUT2D eigenvalue weighted by Gasteiger charge is -2.19. The van der Waals surface area contributed by atoms with Gasteiger partial charge < -0.3 is 14.8 Å². The van der Waals surface area contributed by atoms with Crippen LogP contribution in [0.1, 0.15) is 35.7 Å². The molecule has 0 aliphatic rings. The summed E-state index contributed by atoms with van der Waals surface area (Å²) >= 11 is 1.60. The van der Waals surface area contributed by atoms with Gasteiger partial charge in [-0.3, -0.25) is 0 Å². The average molecular weight is 308 g/mol. The number of hydrogen-bond acceptors (Lipinski definition) is 7. The lowest BCUT2D eigenvalue weighted by molar-refractivity contribution is 0.352. The summed E-state index contributed by atoms with van der Waals surface area (Å²) in [5, 5.41) is 3.49. The Bertz CT molecular complexity index is 588. The summed E-state index contributed by atoms with van der Waals surface area (Å²) < 4.78 is 10.5. The van der Waals surface area contributed by atoms with Gasteiger partial charge in [-0.15, -0.1) is 11.3 Å². The molecule has 0 aliphatic carbocycles. The van der Waals surface area contributed by atoms with Gasteiger partial charge in [0.1, 0.15) is 5.69 Å². The summed E-state index contributed by atoms with van der Waals surface area (Å²) in [5.41, 5.74) is 3.58. The predicted molar refractivity (Wildman–Crippen MR) is 82.1 cm³/mol. The molecular formula is C14H20N4O2S. The maximum atomic E-state index is 5.38. The van der Waals surface area contributed by atoms with Crippen LogP contribution in [0.15, 0.2) is 11.7 Å². The number of aryl methyl sites for hydroxylation is 1. The highest BCUT2D eigenvalue weighted by molar-refractivity contribution is 7.09. The van der Waals surface area contributed by atoms with Crippen molar-refractivity contribution < 1.29 is 9.47 Å². The lowest BCUT2D eigenvalue weighted by Crippen LogP contribution is -2.25. The van der Waals surface area contributed by atoms with Crippen LogP contribution >= 0.6 is 11.3 Å². The zero-order chi connectivity index (χ0) is 15.2. The smallest absolute Gasteiger partial charge is 0.240 e. The Balaban J connectivity index is 2.43. The zero-order valence-corrected chi connectivity index (χ0v) is 13.5. The molecule has 1 N–H and O–H groups in total. The second-order valence-corrected chi connectivity index (χ2v) is 5.38. The minimum atomic E-state index is -0.0780. The number of aromatic nitrogens is 3. The van der Waals surface area contributed by atoms with Gasteiger partial charge in [-0.1, -0.05) is 6.92 Å². The minimum absolute atomic E-state index is 0.0780. The van der Waals surface area contributed by atoms with Crippen LogP contribution in [0.4, 0.5) is 0 Å². The average Bonchev–Trinajstić information content (AvgIpc) is 2.94. The third-order valence-corrected chi connectivity index (χ3v) is 4.06. The highest BCUT2D eigenvalue weighted by atomic mass is 32.1. The topological polar surface area (TPSA) is 69.2 Å². The van der Waals surface area contributed by atoms with Crippen LogP contribution in [0, 0.1) is 6.92 Å². The number of nitrogens with one attached hydrogen (secondary N) is 1. The largest absolute Gasteiger partial charge is 0.480 e. The molecule has 0 saturated heterocycles. The molecule has 0 aliphatic heterocycles. The van der Waals surface area contributed by atoms with Crippen molar-refractivity contribution >= 4 is 11.3 Å². The van der Waals surface area contributed by atoms with Gasteiger partial charge in [-0.2, -0.15) is 4.98 Å². The van der Waals surface area contributed by atoms with Gasteiger partial charge in [0.25, 0.3) is 0 Å². The van der Waals surface area contributed by atoms with Gasteiger partial charge in [0.05, 0.1) is 42.5 Å². The summed E-state index contributed by atoms with van der Waals surface area (Å²) in [4.78, 5) is 14.2. The second-order valence-electron chi connectivity index (χ2n) is 4.50. The first-order valence-corrected chi connectivity index (χ1v) is 7.67. The molecule has 2 rings (SSSR count). The van der Waals surface area contributed by atoms with E-state index in [1.54, 1.807) is 31.8 Å². The maximum absolute atomic E-state index is 5.38. The normalized spacial score (nSPS) is 12.2. The molecule has 6 nitrogen and oxygen atoms in total. The summed E-state index contributed by atoms with van der Waals surface area (Å²) in [6, 6.07) is -0.0780. The highest BCUT2D eigenvalue weighted by Gasteiger charge is 2.24. The number of nitrogens with zero attached hydrogens (tertiary/aromatic N) is 3. The van der Waals surface area contributed by atoms with E-state index in [-0.39, 0.29) is 6.04 Å². The Kier molecular flexibility index (Phi) is 5.46. The van der Waals surface area contributed by atoms with Crippen LogP contribution in [-0.4, -0.2) is 35.7 Å². The maximum Gasteiger partial charge on any atom is 0.240 e. The molecule has 0 aromatic carbocycles. The fourth-order valence-corrected chi connectivity index (χ4v) is 2.88. The Hall–Kier alpha value is -1.73. The van der Waals surface area contributed by atoms with Crippen LogP contribution in [0.2, 0.25) is 0 Å². The predicted octanol–water partition coefficient (Wildman–Crippen LogP) is 2.35. The Morgan fingerprint density at radius 2 is 2.10 bits per heavy atom. The van der Waals surface area contributed by atoms with E-state index in [4.69, 9.17) is 9.47 Å². The Morgan fingerprint density at radius 3 is 2.67 bits per heavy atom. The van der Waals surface area contributed by atoms with Crippen LogP contribution in [0.25, 0.3) is 0 Å². The first-order valence-electron chi connectivity index (χ1n) is 6.79. The monoisotopic (exact) mass is 308 g/mol. The van der Waals surface area contributed by atoms with Crippen molar-refractivity contribution in [3.05, 3.63) is 28.0 Å². The van der Waals surface area contributed by atoms with Crippen molar-refractivity contribution in [1.82, 2.24) is 20.3 Å². The molecule has 21 heavy (non-hydrogen) atoms. The van der Waals surface area contributed by atoms with Crippen molar-refractivity contribution in [2.75, 3.05) is 20.8 Å². The van der Waals surface area contributed by atoms with Crippen molar-refractivity contribution in [2.24, 2.45) is 0 Å². The third kappa shape index (κ3) is 3.48. The molecule has 1 unspecified atom stereocenters. The van der Waals surface area contributed by atoms with Gasteiger partial charge in [0, 0.05) is 0 Å². The number of ether oxygens (including phenoxy) is 2. The van der Waals surface area contributed by atoms with Crippen molar-refractivity contribution in [1.29, 1.82) is 0 Å².